The zero-order valence-electron chi connectivity index (χ0n) is 12.3. The Morgan fingerprint density at radius 1 is 1.25 bits per heavy atom. The number of hydrogen-bond donors (Lipinski definition) is 3. The summed E-state index contributed by atoms with van der Waals surface area (Å²) >= 11 is 0. The normalized spacial score (nSPS) is 28.3. The van der Waals surface area contributed by atoms with Gasteiger partial charge in [-0.05, 0) is 33.1 Å². The molecule has 1 amide bonds. The molecule has 2 unspecified atom stereocenters. The maximum absolute atomic E-state index is 12.5. The van der Waals surface area contributed by atoms with Crippen molar-refractivity contribution in [3.05, 3.63) is 0 Å². The number of carbonyl (C=O) groups excluding carboxylic acids is 1. The first-order valence-corrected chi connectivity index (χ1v) is 7.41. The largest absolute Gasteiger partial charge is 0.481 e. The molecule has 6 heteroatoms. The molecule has 0 aromatic carbocycles. The third-order valence-electron chi connectivity index (χ3n) is 4.58. The summed E-state index contributed by atoms with van der Waals surface area (Å²) in [5.41, 5.74) is -0.538. The number of carboxylic acid groups (broad SMARTS) is 1. The number of carbonyl (C=O) groups is 2. The van der Waals surface area contributed by atoms with Crippen molar-refractivity contribution >= 4 is 11.9 Å². The maximum atomic E-state index is 12.5. The van der Waals surface area contributed by atoms with Crippen LogP contribution in [0.1, 0.15) is 33.1 Å². The molecule has 3 N–H and O–H groups in total. The first-order chi connectivity index (χ1) is 9.41. The summed E-state index contributed by atoms with van der Waals surface area (Å²) in [5.74, 6) is -1.04. The summed E-state index contributed by atoms with van der Waals surface area (Å²) in [6.07, 6.45) is 1.98. The van der Waals surface area contributed by atoms with Gasteiger partial charge in [0.05, 0.1) is 11.5 Å². The Labute approximate surface area is 119 Å². The number of amides is 1. The highest BCUT2D eigenvalue weighted by molar-refractivity contribution is 5.85. The Morgan fingerprint density at radius 3 is 2.45 bits per heavy atom. The van der Waals surface area contributed by atoms with E-state index in [1.54, 1.807) is 0 Å². The van der Waals surface area contributed by atoms with Crippen LogP contribution in [-0.2, 0) is 9.59 Å². The fourth-order valence-electron chi connectivity index (χ4n) is 3.07. The second kappa shape index (κ2) is 6.10. The summed E-state index contributed by atoms with van der Waals surface area (Å²) in [5, 5.41) is 15.3. The van der Waals surface area contributed by atoms with Crippen LogP contribution in [0.5, 0.6) is 0 Å². The third-order valence-corrected chi connectivity index (χ3v) is 4.58. The minimum absolute atomic E-state index is 0.00536. The van der Waals surface area contributed by atoms with Crippen LogP contribution in [0.2, 0.25) is 0 Å². The SMILES string of the molecule is CC(C)(C(=O)NC1CCC(C(=O)O)C1)N1CCNCC1. The quantitative estimate of drug-likeness (QED) is 0.679. The lowest BCUT2D eigenvalue weighted by molar-refractivity contribution is -0.141. The minimum atomic E-state index is -0.747. The van der Waals surface area contributed by atoms with Crippen LogP contribution in [-0.4, -0.2) is 59.6 Å². The highest BCUT2D eigenvalue weighted by Crippen LogP contribution is 2.26. The summed E-state index contributed by atoms with van der Waals surface area (Å²) in [6.45, 7) is 7.42. The molecule has 1 heterocycles. The van der Waals surface area contributed by atoms with Crippen LogP contribution in [0.15, 0.2) is 0 Å². The van der Waals surface area contributed by atoms with Gasteiger partial charge in [-0.25, -0.2) is 0 Å². The second-order valence-corrected chi connectivity index (χ2v) is 6.31. The fraction of sp³-hybridized carbons (Fsp3) is 0.857. The number of nitrogens with zero attached hydrogens (tertiary/aromatic N) is 1. The van der Waals surface area contributed by atoms with E-state index in [2.05, 4.69) is 15.5 Å². The van der Waals surface area contributed by atoms with E-state index in [-0.39, 0.29) is 17.9 Å². The molecular formula is C14H25N3O3. The number of carboxylic acids is 1. The van der Waals surface area contributed by atoms with Gasteiger partial charge in [0.25, 0.3) is 0 Å². The van der Waals surface area contributed by atoms with E-state index < -0.39 is 11.5 Å². The topological polar surface area (TPSA) is 81.7 Å². The van der Waals surface area contributed by atoms with Gasteiger partial charge in [-0.15, -0.1) is 0 Å². The van der Waals surface area contributed by atoms with E-state index in [9.17, 15) is 9.59 Å². The molecule has 0 aromatic heterocycles. The van der Waals surface area contributed by atoms with Crippen LogP contribution in [0, 0.1) is 5.92 Å². The van der Waals surface area contributed by atoms with Gasteiger partial charge < -0.3 is 15.7 Å². The van der Waals surface area contributed by atoms with Gasteiger partial charge in [0, 0.05) is 32.2 Å². The van der Waals surface area contributed by atoms with E-state index >= 15 is 0 Å². The lowest BCUT2D eigenvalue weighted by Gasteiger charge is -2.40. The molecule has 0 bridgehead atoms. The molecule has 114 valence electrons. The average molecular weight is 283 g/mol. The van der Waals surface area contributed by atoms with Crippen molar-refractivity contribution in [2.45, 2.75) is 44.7 Å². The molecule has 1 aliphatic heterocycles. The smallest absolute Gasteiger partial charge is 0.306 e. The van der Waals surface area contributed by atoms with Gasteiger partial charge in [0.15, 0.2) is 0 Å². The third kappa shape index (κ3) is 3.30. The molecule has 0 radical (unpaired) electrons. The minimum Gasteiger partial charge on any atom is -0.481 e. The predicted octanol–water partition coefficient (Wildman–Crippen LogP) is 0.0397. The summed E-state index contributed by atoms with van der Waals surface area (Å²) in [6, 6.07) is 0.00536. The van der Waals surface area contributed by atoms with Gasteiger partial charge >= 0.3 is 5.97 Å². The summed E-state index contributed by atoms with van der Waals surface area (Å²) in [4.78, 5) is 25.6. The zero-order chi connectivity index (χ0) is 14.8. The van der Waals surface area contributed by atoms with Gasteiger partial charge in [0.1, 0.15) is 0 Å². The van der Waals surface area contributed by atoms with Crippen molar-refractivity contribution in [1.82, 2.24) is 15.5 Å². The highest BCUT2D eigenvalue weighted by atomic mass is 16.4. The number of piperazine rings is 1. The Bertz CT molecular complexity index is 378. The molecule has 1 saturated carbocycles. The predicted molar refractivity (Wildman–Crippen MR) is 75.4 cm³/mol. The summed E-state index contributed by atoms with van der Waals surface area (Å²) < 4.78 is 0. The molecule has 2 rings (SSSR count). The molecule has 1 saturated heterocycles. The first-order valence-electron chi connectivity index (χ1n) is 7.41. The molecule has 2 fully saturated rings. The van der Waals surface area contributed by atoms with Gasteiger partial charge in [-0.3, -0.25) is 14.5 Å². The molecule has 2 atom stereocenters. The van der Waals surface area contributed by atoms with Crippen molar-refractivity contribution in [3.8, 4) is 0 Å². The van der Waals surface area contributed by atoms with Crippen molar-refractivity contribution in [2.24, 2.45) is 5.92 Å². The molecule has 2 aliphatic rings. The molecule has 1 aliphatic carbocycles. The molecule has 0 aromatic rings. The molecule has 20 heavy (non-hydrogen) atoms. The number of rotatable bonds is 4. The zero-order valence-corrected chi connectivity index (χ0v) is 12.3. The van der Waals surface area contributed by atoms with E-state index in [1.807, 2.05) is 13.8 Å². The Balaban J connectivity index is 1.89. The van der Waals surface area contributed by atoms with Gasteiger partial charge in [-0.1, -0.05) is 0 Å². The van der Waals surface area contributed by atoms with Crippen LogP contribution in [0.4, 0.5) is 0 Å². The van der Waals surface area contributed by atoms with Crippen LogP contribution < -0.4 is 10.6 Å². The number of nitrogens with one attached hydrogen (secondary N) is 2. The Kier molecular flexibility index (Phi) is 4.65. The monoisotopic (exact) mass is 283 g/mol. The molecular weight excluding hydrogens is 258 g/mol. The Morgan fingerprint density at radius 2 is 1.90 bits per heavy atom. The van der Waals surface area contributed by atoms with E-state index in [0.29, 0.717) is 12.8 Å². The highest BCUT2D eigenvalue weighted by Gasteiger charge is 2.38. The van der Waals surface area contributed by atoms with Gasteiger partial charge in [-0.2, -0.15) is 0 Å². The van der Waals surface area contributed by atoms with E-state index in [4.69, 9.17) is 5.11 Å². The second-order valence-electron chi connectivity index (χ2n) is 6.31. The summed E-state index contributed by atoms with van der Waals surface area (Å²) in [7, 11) is 0. The average Bonchev–Trinajstić information content (AvgIpc) is 2.88. The lowest BCUT2D eigenvalue weighted by atomic mass is 9.99. The van der Waals surface area contributed by atoms with Crippen LogP contribution in [0.25, 0.3) is 0 Å². The number of hydrogen-bond acceptors (Lipinski definition) is 4. The van der Waals surface area contributed by atoms with Crippen LogP contribution in [0.3, 0.4) is 0 Å². The van der Waals surface area contributed by atoms with Gasteiger partial charge in [0.2, 0.25) is 5.91 Å². The molecule has 6 nitrogen and oxygen atoms in total. The van der Waals surface area contributed by atoms with Crippen molar-refractivity contribution in [1.29, 1.82) is 0 Å². The van der Waals surface area contributed by atoms with E-state index in [0.717, 1.165) is 32.6 Å². The van der Waals surface area contributed by atoms with Crippen molar-refractivity contribution in [2.75, 3.05) is 26.2 Å². The van der Waals surface area contributed by atoms with Crippen molar-refractivity contribution < 1.29 is 14.7 Å². The molecule has 0 spiro atoms. The van der Waals surface area contributed by atoms with Crippen LogP contribution >= 0.6 is 0 Å². The maximum Gasteiger partial charge on any atom is 0.306 e. The lowest BCUT2D eigenvalue weighted by Crippen LogP contribution is -2.60. The Hall–Kier alpha value is -1.14. The van der Waals surface area contributed by atoms with E-state index in [1.165, 1.54) is 0 Å². The fourth-order valence-corrected chi connectivity index (χ4v) is 3.07. The standard InChI is InChI=1S/C14H25N3O3/c1-14(2,17-7-5-15-6-8-17)13(20)16-11-4-3-10(9-11)12(18)19/h10-11,15H,3-9H2,1-2H3,(H,16,20)(H,18,19). The van der Waals surface area contributed by atoms with Crippen molar-refractivity contribution in [3.63, 3.8) is 0 Å². The first kappa shape index (κ1) is 15.3. The number of aliphatic carboxylic acids is 1.